The van der Waals surface area contributed by atoms with E-state index in [4.69, 9.17) is 17.0 Å². The molecule has 0 saturated carbocycles. The van der Waals surface area contributed by atoms with Crippen LogP contribution in [0.5, 0.6) is 0 Å². The highest BCUT2D eigenvalue weighted by Gasteiger charge is 2.40. The number of rotatable bonds is 6. The summed E-state index contributed by atoms with van der Waals surface area (Å²) in [7, 11) is 2.13. The third kappa shape index (κ3) is 4.17. The van der Waals surface area contributed by atoms with Crippen LogP contribution in [-0.2, 0) is 11.8 Å². The number of pyridine rings is 1. The van der Waals surface area contributed by atoms with Crippen molar-refractivity contribution in [2.75, 3.05) is 39.4 Å². The molecule has 2 saturated heterocycles. The van der Waals surface area contributed by atoms with Crippen LogP contribution in [0.3, 0.4) is 0 Å². The number of nitrogens with one attached hydrogen (secondary N) is 1. The topological polar surface area (TPSA) is 45.6 Å². The van der Waals surface area contributed by atoms with E-state index in [1.54, 1.807) is 0 Å². The summed E-state index contributed by atoms with van der Waals surface area (Å²) in [6.07, 6.45) is 2.94. The van der Waals surface area contributed by atoms with E-state index in [9.17, 15) is 0 Å². The summed E-state index contributed by atoms with van der Waals surface area (Å²) in [6.45, 7) is 10.1. The van der Waals surface area contributed by atoms with Gasteiger partial charge >= 0.3 is 0 Å². The molecule has 6 nitrogen and oxygen atoms in total. The molecule has 2 aliphatic heterocycles. The maximum Gasteiger partial charge on any atom is 0.170 e. The molecule has 0 aromatic carbocycles. The Balaban J connectivity index is 1.57. The molecule has 7 heteroatoms. The number of morpholine rings is 1. The van der Waals surface area contributed by atoms with Crippen LogP contribution >= 0.6 is 12.2 Å². The minimum absolute atomic E-state index is 0.0626. The Bertz CT molecular complexity index is 846. The molecule has 2 aromatic heterocycles. The fraction of sp³-hybridized carbons (Fsp3) is 0.545. The first-order valence-corrected chi connectivity index (χ1v) is 10.9. The van der Waals surface area contributed by atoms with Gasteiger partial charge in [0.25, 0.3) is 0 Å². The summed E-state index contributed by atoms with van der Waals surface area (Å²) >= 11 is 5.79. The third-order valence-corrected chi connectivity index (χ3v) is 6.66. The second-order valence-electron chi connectivity index (χ2n) is 8.01. The van der Waals surface area contributed by atoms with Gasteiger partial charge in [-0.1, -0.05) is 6.07 Å². The minimum Gasteiger partial charge on any atom is -0.379 e. The molecule has 0 bridgehead atoms. The lowest BCUT2D eigenvalue weighted by Crippen LogP contribution is -2.39. The predicted octanol–water partition coefficient (Wildman–Crippen LogP) is 2.73. The summed E-state index contributed by atoms with van der Waals surface area (Å²) in [4.78, 5) is 9.50. The van der Waals surface area contributed by atoms with Crippen LogP contribution in [0.15, 0.2) is 30.5 Å². The number of thiocarbonyl (C=S) groups is 1. The summed E-state index contributed by atoms with van der Waals surface area (Å²) in [5.41, 5.74) is 4.93. The Hall–Kier alpha value is -1.96. The standard InChI is InChI=1S/C22H31N5OS/c1-16-15-18(17(2)25(16)3)21-20(19-7-4-5-8-23-19)24-22(29)27(21)10-6-9-26-11-13-28-14-12-26/h4-5,7-8,15,20-21H,6,9-14H2,1-3H3,(H,24,29)/t20-,21+/m0/s1. The van der Waals surface area contributed by atoms with Gasteiger partial charge in [-0.05, 0) is 56.2 Å². The zero-order chi connectivity index (χ0) is 20.4. The zero-order valence-corrected chi connectivity index (χ0v) is 18.4. The van der Waals surface area contributed by atoms with Crippen molar-refractivity contribution in [1.29, 1.82) is 0 Å². The van der Waals surface area contributed by atoms with E-state index in [0.29, 0.717) is 0 Å². The van der Waals surface area contributed by atoms with Gasteiger partial charge in [-0.15, -0.1) is 0 Å². The van der Waals surface area contributed by atoms with Gasteiger partial charge in [-0.25, -0.2) is 0 Å². The Labute approximate surface area is 178 Å². The molecule has 2 atom stereocenters. The number of hydrogen-bond donors (Lipinski definition) is 1. The first-order valence-electron chi connectivity index (χ1n) is 10.5. The lowest BCUT2D eigenvalue weighted by atomic mass is 9.96. The quantitative estimate of drug-likeness (QED) is 0.735. The molecule has 156 valence electrons. The van der Waals surface area contributed by atoms with Gasteiger partial charge in [0.2, 0.25) is 0 Å². The first-order chi connectivity index (χ1) is 14.1. The van der Waals surface area contributed by atoms with Crippen LogP contribution in [0, 0.1) is 13.8 Å². The van der Waals surface area contributed by atoms with E-state index in [2.05, 4.69) is 57.7 Å². The lowest BCUT2D eigenvalue weighted by molar-refractivity contribution is 0.0365. The van der Waals surface area contributed by atoms with Gasteiger partial charge in [0, 0.05) is 50.8 Å². The summed E-state index contributed by atoms with van der Waals surface area (Å²) in [6, 6.07) is 8.63. The fourth-order valence-electron chi connectivity index (χ4n) is 4.46. The monoisotopic (exact) mass is 413 g/mol. The van der Waals surface area contributed by atoms with Crippen LogP contribution in [0.25, 0.3) is 0 Å². The van der Waals surface area contributed by atoms with Gasteiger partial charge in [0.1, 0.15) is 0 Å². The van der Waals surface area contributed by atoms with Crippen LogP contribution in [0.2, 0.25) is 0 Å². The highest BCUT2D eigenvalue weighted by Crippen LogP contribution is 2.40. The fourth-order valence-corrected chi connectivity index (χ4v) is 4.79. The Morgan fingerprint density at radius 1 is 1.21 bits per heavy atom. The highest BCUT2D eigenvalue weighted by atomic mass is 32.1. The molecule has 1 N–H and O–H groups in total. The molecule has 2 aliphatic rings. The molecule has 2 fully saturated rings. The van der Waals surface area contributed by atoms with E-state index in [-0.39, 0.29) is 12.1 Å². The van der Waals surface area contributed by atoms with Gasteiger partial charge in [-0.3, -0.25) is 9.88 Å². The van der Waals surface area contributed by atoms with E-state index < -0.39 is 0 Å². The highest BCUT2D eigenvalue weighted by molar-refractivity contribution is 7.80. The van der Waals surface area contributed by atoms with E-state index in [0.717, 1.165) is 56.6 Å². The lowest BCUT2D eigenvalue weighted by Gasteiger charge is -2.30. The van der Waals surface area contributed by atoms with Crippen molar-refractivity contribution in [3.05, 3.63) is 53.1 Å². The van der Waals surface area contributed by atoms with Crippen LogP contribution < -0.4 is 5.32 Å². The number of nitrogens with zero attached hydrogens (tertiary/aromatic N) is 4. The van der Waals surface area contributed by atoms with Crippen LogP contribution in [0.1, 0.15) is 41.1 Å². The molecule has 0 radical (unpaired) electrons. The molecule has 4 heterocycles. The second-order valence-corrected chi connectivity index (χ2v) is 8.40. The summed E-state index contributed by atoms with van der Waals surface area (Å²) < 4.78 is 7.73. The van der Waals surface area contributed by atoms with Gasteiger partial charge in [-0.2, -0.15) is 0 Å². The Morgan fingerprint density at radius 3 is 2.66 bits per heavy atom. The minimum atomic E-state index is 0.0626. The van der Waals surface area contributed by atoms with Crippen molar-refractivity contribution in [2.45, 2.75) is 32.4 Å². The van der Waals surface area contributed by atoms with Crippen LogP contribution in [0.4, 0.5) is 0 Å². The Kier molecular flexibility index (Phi) is 6.18. The predicted molar refractivity (Wildman–Crippen MR) is 119 cm³/mol. The van der Waals surface area contributed by atoms with Crippen molar-refractivity contribution in [2.24, 2.45) is 7.05 Å². The van der Waals surface area contributed by atoms with Gasteiger partial charge < -0.3 is 19.5 Å². The smallest absolute Gasteiger partial charge is 0.170 e. The average Bonchev–Trinajstić information content (AvgIpc) is 3.20. The maximum absolute atomic E-state index is 5.79. The molecule has 0 spiro atoms. The largest absolute Gasteiger partial charge is 0.379 e. The van der Waals surface area contributed by atoms with E-state index in [1.807, 2.05) is 18.3 Å². The summed E-state index contributed by atoms with van der Waals surface area (Å²) in [5.74, 6) is 0. The molecule has 0 aliphatic carbocycles. The SMILES string of the molecule is Cc1cc([C@@H]2[C@H](c3ccccn3)NC(=S)N2CCCN2CCOCC2)c(C)n1C. The van der Waals surface area contributed by atoms with Crippen molar-refractivity contribution >= 4 is 17.3 Å². The average molecular weight is 414 g/mol. The molecular weight excluding hydrogens is 382 g/mol. The first kappa shape index (κ1) is 20.3. The normalized spacial score (nSPS) is 22.9. The molecule has 4 rings (SSSR count). The molecule has 2 aromatic rings. The second kappa shape index (κ2) is 8.81. The molecule has 0 amide bonds. The Morgan fingerprint density at radius 2 is 2.00 bits per heavy atom. The van der Waals surface area contributed by atoms with Crippen molar-refractivity contribution in [3.8, 4) is 0 Å². The number of ether oxygens (including phenoxy) is 1. The van der Waals surface area contributed by atoms with Gasteiger partial charge in [0.15, 0.2) is 5.11 Å². The molecule has 29 heavy (non-hydrogen) atoms. The van der Waals surface area contributed by atoms with E-state index >= 15 is 0 Å². The number of aryl methyl sites for hydroxylation is 1. The van der Waals surface area contributed by atoms with Crippen LogP contribution in [-0.4, -0.2) is 63.9 Å². The zero-order valence-electron chi connectivity index (χ0n) is 17.6. The van der Waals surface area contributed by atoms with E-state index in [1.165, 1.54) is 17.0 Å². The number of hydrogen-bond acceptors (Lipinski definition) is 4. The van der Waals surface area contributed by atoms with Gasteiger partial charge in [0.05, 0.1) is 31.0 Å². The molecular formula is C22H31N5OS. The maximum atomic E-state index is 5.79. The molecule has 0 unspecified atom stereocenters. The summed E-state index contributed by atoms with van der Waals surface area (Å²) in [5, 5.41) is 4.39. The number of aromatic nitrogens is 2. The van der Waals surface area contributed by atoms with Crippen molar-refractivity contribution in [1.82, 2.24) is 24.7 Å². The van der Waals surface area contributed by atoms with Crippen molar-refractivity contribution in [3.63, 3.8) is 0 Å². The third-order valence-electron chi connectivity index (χ3n) is 6.31. The van der Waals surface area contributed by atoms with Crippen molar-refractivity contribution < 1.29 is 4.74 Å².